The highest BCUT2D eigenvalue weighted by molar-refractivity contribution is 7.92. The summed E-state index contributed by atoms with van der Waals surface area (Å²) in [5.41, 5.74) is 2.36. The molecule has 0 fully saturated rings. The molecule has 0 aliphatic carbocycles. The second kappa shape index (κ2) is 11.3. The zero-order valence-corrected chi connectivity index (χ0v) is 21.3. The first-order valence-electron chi connectivity index (χ1n) is 11.0. The van der Waals surface area contributed by atoms with Crippen LogP contribution in [0.5, 0.6) is 0 Å². The van der Waals surface area contributed by atoms with E-state index in [1.54, 1.807) is 19.1 Å². The van der Waals surface area contributed by atoms with Crippen LogP contribution in [-0.4, -0.2) is 55.8 Å². The van der Waals surface area contributed by atoms with E-state index in [1.165, 1.54) is 24.0 Å². The van der Waals surface area contributed by atoms with Gasteiger partial charge < -0.3 is 10.2 Å². The first-order valence-corrected chi connectivity index (χ1v) is 12.9. The second-order valence-corrected chi connectivity index (χ2v) is 10.6. The quantitative estimate of drug-likeness (QED) is 0.519. The van der Waals surface area contributed by atoms with E-state index >= 15 is 0 Å². The van der Waals surface area contributed by atoms with Crippen molar-refractivity contribution in [3.05, 3.63) is 65.2 Å². The molecule has 2 aromatic rings. The number of amides is 2. The molecule has 0 aromatic heterocycles. The van der Waals surface area contributed by atoms with Gasteiger partial charge in [-0.05, 0) is 52.3 Å². The number of hydrogen-bond acceptors (Lipinski definition) is 5. The molecule has 34 heavy (non-hydrogen) atoms. The summed E-state index contributed by atoms with van der Waals surface area (Å²) in [6, 6.07) is 12.7. The minimum atomic E-state index is -3.86. The Morgan fingerprint density at radius 3 is 2.21 bits per heavy atom. The number of ketones is 1. The molecule has 2 amide bonds. The fraction of sp³-hybridized carbons (Fsp3) is 0.400. The van der Waals surface area contributed by atoms with Crippen LogP contribution in [0.25, 0.3) is 0 Å². The van der Waals surface area contributed by atoms with Gasteiger partial charge in [-0.25, -0.2) is 8.42 Å². The number of sulfonamides is 1. The van der Waals surface area contributed by atoms with Gasteiger partial charge in [-0.1, -0.05) is 42.0 Å². The third-order valence-electron chi connectivity index (χ3n) is 5.25. The lowest BCUT2D eigenvalue weighted by atomic mass is 10.1. The number of nitrogens with one attached hydrogen (secondary N) is 1. The average molecular weight is 488 g/mol. The average Bonchev–Trinajstić information content (AvgIpc) is 2.74. The van der Waals surface area contributed by atoms with Gasteiger partial charge in [0.1, 0.15) is 12.6 Å². The van der Waals surface area contributed by atoms with Crippen LogP contribution in [0.15, 0.2) is 48.5 Å². The fourth-order valence-electron chi connectivity index (χ4n) is 3.49. The highest BCUT2D eigenvalue weighted by Gasteiger charge is 2.30. The first kappa shape index (κ1) is 27.0. The molecule has 1 atom stereocenters. The van der Waals surface area contributed by atoms with Crippen LogP contribution in [0, 0.1) is 6.92 Å². The third-order valence-corrected chi connectivity index (χ3v) is 6.39. The summed E-state index contributed by atoms with van der Waals surface area (Å²) in [4.78, 5) is 39.4. The Labute approximate surface area is 202 Å². The Bertz CT molecular complexity index is 1160. The van der Waals surface area contributed by atoms with Crippen molar-refractivity contribution < 1.29 is 22.8 Å². The first-order chi connectivity index (χ1) is 15.8. The molecule has 2 rings (SSSR count). The Morgan fingerprint density at radius 1 is 1.00 bits per heavy atom. The molecule has 0 saturated carbocycles. The van der Waals surface area contributed by atoms with Gasteiger partial charge >= 0.3 is 0 Å². The van der Waals surface area contributed by atoms with E-state index < -0.39 is 28.5 Å². The van der Waals surface area contributed by atoms with Crippen molar-refractivity contribution in [3.8, 4) is 0 Å². The number of nitrogens with zero attached hydrogens (tertiary/aromatic N) is 2. The molecule has 2 aromatic carbocycles. The maximum atomic E-state index is 13.5. The summed E-state index contributed by atoms with van der Waals surface area (Å²) in [5, 5.41) is 2.81. The van der Waals surface area contributed by atoms with E-state index in [2.05, 4.69) is 5.32 Å². The maximum Gasteiger partial charge on any atom is 0.244 e. The predicted octanol–water partition coefficient (Wildman–Crippen LogP) is 2.91. The van der Waals surface area contributed by atoms with Crippen LogP contribution in [0.2, 0.25) is 0 Å². The molecule has 9 heteroatoms. The number of carbonyl (C=O) groups is 3. The molecular weight excluding hydrogens is 454 g/mol. The molecule has 1 N–H and O–H groups in total. The highest BCUT2D eigenvalue weighted by Crippen LogP contribution is 2.21. The summed E-state index contributed by atoms with van der Waals surface area (Å²) in [6.07, 6.45) is 1.00. The Morgan fingerprint density at radius 2 is 1.65 bits per heavy atom. The lowest BCUT2D eigenvalue weighted by Crippen LogP contribution is -2.52. The van der Waals surface area contributed by atoms with Crippen LogP contribution in [0.3, 0.4) is 0 Å². The summed E-state index contributed by atoms with van der Waals surface area (Å²) >= 11 is 0. The van der Waals surface area contributed by atoms with Crippen LogP contribution >= 0.6 is 0 Å². The summed E-state index contributed by atoms with van der Waals surface area (Å²) in [6.45, 7) is 8.21. The molecule has 0 saturated heterocycles. The molecule has 0 unspecified atom stereocenters. The molecule has 0 aliphatic rings. The number of rotatable bonds is 10. The Kier molecular flexibility index (Phi) is 8.98. The van der Waals surface area contributed by atoms with Gasteiger partial charge in [0, 0.05) is 18.2 Å². The van der Waals surface area contributed by atoms with E-state index in [1.807, 2.05) is 45.0 Å². The van der Waals surface area contributed by atoms with Crippen molar-refractivity contribution in [2.24, 2.45) is 0 Å². The zero-order chi connectivity index (χ0) is 25.6. The fourth-order valence-corrected chi connectivity index (χ4v) is 4.33. The predicted molar refractivity (Wildman–Crippen MR) is 133 cm³/mol. The molecule has 0 spiro atoms. The summed E-state index contributed by atoms with van der Waals surface area (Å²) in [7, 11) is -3.86. The minimum absolute atomic E-state index is 0.118. The minimum Gasteiger partial charge on any atom is -0.352 e. The molecular formula is C25H33N3O5S. The number of aryl methyl sites for hydroxylation is 1. The highest BCUT2D eigenvalue weighted by atomic mass is 32.2. The lowest BCUT2D eigenvalue weighted by molar-refractivity contribution is -0.139. The molecule has 0 bridgehead atoms. The van der Waals surface area contributed by atoms with Crippen molar-refractivity contribution in [2.75, 3.05) is 17.1 Å². The molecule has 8 nitrogen and oxygen atoms in total. The van der Waals surface area contributed by atoms with E-state index in [4.69, 9.17) is 0 Å². The number of carbonyl (C=O) groups excluding carboxylic acids is 3. The number of anilines is 1. The van der Waals surface area contributed by atoms with Gasteiger partial charge in [0.05, 0.1) is 11.9 Å². The van der Waals surface area contributed by atoms with E-state index in [9.17, 15) is 22.8 Å². The van der Waals surface area contributed by atoms with E-state index in [0.29, 0.717) is 5.56 Å². The van der Waals surface area contributed by atoms with Crippen molar-refractivity contribution in [3.63, 3.8) is 0 Å². The summed E-state index contributed by atoms with van der Waals surface area (Å²) in [5.74, 6) is -1.09. The topological polar surface area (TPSA) is 104 Å². The van der Waals surface area contributed by atoms with Crippen LogP contribution in [0.1, 0.15) is 49.2 Å². The molecule has 0 radical (unpaired) electrons. The van der Waals surface area contributed by atoms with E-state index in [-0.39, 0.29) is 30.0 Å². The number of hydrogen-bond donors (Lipinski definition) is 1. The third kappa shape index (κ3) is 7.41. The second-order valence-electron chi connectivity index (χ2n) is 8.73. The summed E-state index contributed by atoms with van der Waals surface area (Å²) < 4.78 is 26.2. The Hall–Kier alpha value is -3.20. The van der Waals surface area contributed by atoms with Crippen molar-refractivity contribution >= 4 is 33.3 Å². The Balaban J connectivity index is 2.43. The normalized spacial score (nSPS) is 12.2. The molecule has 0 heterocycles. The van der Waals surface area contributed by atoms with Gasteiger partial charge in [0.2, 0.25) is 21.8 Å². The van der Waals surface area contributed by atoms with E-state index in [0.717, 1.165) is 21.7 Å². The SMILES string of the molecule is CC(=O)c1cccc(N(CC(=O)N(Cc2cccc(C)c2)[C@H](C)C(=O)NC(C)C)S(C)(=O)=O)c1. The van der Waals surface area contributed by atoms with Gasteiger partial charge in [-0.3, -0.25) is 18.7 Å². The van der Waals surface area contributed by atoms with Crippen molar-refractivity contribution in [1.29, 1.82) is 0 Å². The number of benzene rings is 2. The van der Waals surface area contributed by atoms with Crippen LogP contribution in [0.4, 0.5) is 5.69 Å². The van der Waals surface area contributed by atoms with Gasteiger partial charge in [0.15, 0.2) is 5.78 Å². The standard InChI is InChI=1S/C25H33N3O5S/c1-17(2)26-25(31)19(4)27(15-21-10-7-9-18(3)13-21)24(30)16-28(34(6,32)33)23-12-8-11-22(14-23)20(5)29/h7-14,17,19H,15-16H2,1-6H3,(H,26,31)/t19-/m1/s1. The van der Waals surface area contributed by atoms with Gasteiger partial charge in [-0.2, -0.15) is 0 Å². The monoisotopic (exact) mass is 487 g/mol. The number of Topliss-reactive ketones (excluding diaryl/α,β-unsaturated/α-hetero) is 1. The zero-order valence-electron chi connectivity index (χ0n) is 20.5. The van der Waals surface area contributed by atoms with Gasteiger partial charge in [-0.15, -0.1) is 0 Å². The largest absolute Gasteiger partial charge is 0.352 e. The lowest BCUT2D eigenvalue weighted by Gasteiger charge is -2.32. The van der Waals surface area contributed by atoms with Crippen LogP contribution in [-0.2, 0) is 26.2 Å². The van der Waals surface area contributed by atoms with Crippen LogP contribution < -0.4 is 9.62 Å². The van der Waals surface area contributed by atoms with Crippen molar-refractivity contribution in [1.82, 2.24) is 10.2 Å². The molecule has 184 valence electrons. The van der Waals surface area contributed by atoms with Crippen molar-refractivity contribution in [2.45, 2.75) is 53.2 Å². The van der Waals surface area contributed by atoms with Gasteiger partial charge in [0.25, 0.3) is 0 Å². The smallest absolute Gasteiger partial charge is 0.244 e. The maximum absolute atomic E-state index is 13.5. The molecule has 0 aliphatic heterocycles.